The molecule has 0 fully saturated rings. The molecule has 0 bridgehead atoms. The second-order valence-corrected chi connectivity index (χ2v) is 5.88. The highest BCUT2D eigenvalue weighted by atomic mass is 32.2. The zero-order chi connectivity index (χ0) is 15.2. The number of nitrogens with two attached hydrogens (primary N) is 1. The standard InChI is InChI=1S/C16H29N3OS/c1-2-3-4-14-20-15-6-8-16(9-7-15)21-19-13-12-18-11-5-10-17/h6-9,18-19H,2-5,10-14,17H2,1H3. The molecule has 0 aromatic heterocycles. The minimum absolute atomic E-state index is 0.752. The third-order valence-electron chi connectivity index (χ3n) is 2.99. The molecule has 0 amide bonds. The van der Waals surface area contributed by atoms with E-state index in [9.17, 15) is 0 Å². The number of unbranched alkanes of at least 4 members (excludes halogenated alkanes) is 2. The molecule has 0 unspecified atom stereocenters. The lowest BCUT2D eigenvalue weighted by molar-refractivity contribution is 0.306. The van der Waals surface area contributed by atoms with E-state index in [-0.39, 0.29) is 0 Å². The molecule has 0 aliphatic carbocycles. The highest BCUT2D eigenvalue weighted by molar-refractivity contribution is 7.97. The van der Waals surface area contributed by atoms with Crippen molar-refractivity contribution >= 4 is 11.9 Å². The predicted molar refractivity (Wildman–Crippen MR) is 91.9 cm³/mol. The maximum Gasteiger partial charge on any atom is 0.119 e. The molecule has 0 spiro atoms. The van der Waals surface area contributed by atoms with Gasteiger partial charge < -0.3 is 15.8 Å². The Kier molecular flexibility index (Phi) is 11.3. The van der Waals surface area contributed by atoms with Gasteiger partial charge in [-0.2, -0.15) is 0 Å². The molecule has 0 saturated heterocycles. The normalized spacial score (nSPS) is 10.8. The SMILES string of the molecule is CCCCCOc1ccc(SNCCNCCCN)cc1. The van der Waals surface area contributed by atoms with Crippen LogP contribution in [0.15, 0.2) is 29.2 Å². The summed E-state index contributed by atoms with van der Waals surface area (Å²) in [4.78, 5) is 1.21. The molecule has 1 aromatic rings. The summed E-state index contributed by atoms with van der Waals surface area (Å²) in [5.74, 6) is 0.957. The van der Waals surface area contributed by atoms with Gasteiger partial charge in [-0.15, -0.1) is 0 Å². The first-order valence-corrected chi connectivity index (χ1v) is 8.71. The van der Waals surface area contributed by atoms with Crippen LogP contribution in [0.4, 0.5) is 0 Å². The number of ether oxygens (including phenoxy) is 1. The zero-order valence-electron chi connectivity index (χ0n) is 13.1. The molecule has 0 atom stereocenters. The zero-order valence-corrected chi connectivity index (χ0v) is 13.9. The van der Waals surface area contributed by atoms with Crippen LogP contribution in [0.25, 0.3) is 0 Å². The van der Waals surface area contributed by atoms with Gasteiger partial charge >= 0.3 is 0 Å². The minimum atomic E-state index is 0.752. The molecule has 5 heteroatoms. The fourth-order valence-corrected chi connectivity index (χ4v) is 2.41. The van der Waals surface area contributed by atoms with Gasteiger partial charge in [0.1, 0.15) is 5.75 Å². The van der Waals surface area contributed by atoms with Crippen LogP contribution in [-0.4, -0.2) is 32.8 Å². The average Bonchev–Trinajstić information content (AvgIpc) is 2.52. The molecule has 0 heterocycles. The molecule has 1 aromatic carbocycles. The van der Waals surface area contributed by atoms with Gasteiger partial charge in [-0.3, -0.25) is 4.72 Å². The molecule has 1 rings (SSSR count). The van der Waals surface area contributed by atoms with Crippen LogP contribution in [0.5, 0.6) is 5.75 Å². The quantitative estimate of drug-likeness (QED) is 0.386. The third kappa shape index (κ3) is 9.74. The lowest BCUT2D eigenvalue weighted by Crippen LogP contribution is -2.25. The van der Waals surface area contributed by atoms with Crippen molar-refractivity contribution in [2.45, 2.75) is 37.5 Å². The van der Waals surface area contributed by atoms with Gasteiger partial charge in [-0.1, -0.05) is 19.8 Å². The van der Waals surface area contributed by atoms with Gasteiger partial charge in [-0.05, 0) is 62.1 Å². The van der Waals surface area contributed by atoms with E-state index in [0.29, 0.717) is 0 Å². The molecule has 120 valence electrons. The summed E-state index contributed by atoms with van der Waals surface area (Å²) < 4.78 is 9.03. The number of nitrogens with one attached hydrogen (secondary N) is 2. The monoisotopic (exact) mass is 311 g/mol. The van der Waals surface area contributed by atoms with Crippen LogP contribution in [0.1, 0.15) is 32.6 Å². The van der Waals surface area contributed by atoms with Gasteiger partial charge in [0.25, 0.3) is 0 Å². The summed E-state index contributed by atoms with van der Waals surface area (Å²) in [6.07, 6.45) is 4.63. The second-order valence-electron chi connectivity index (χ2n) is 4.92. The molecule has 0 saturated carbocycles. The summed E-state index contributed by atoms with van der Waals surface area (Å²) in [7, 11) is 0. The molecule has 21 heavy (non-hydrogen) atoms. The number of rotatable bonds is 13. The van der Waals surface area contributed by atoms with E-state index in [1.54, 1.807) is 11.9 Å². The Morgan fingerprint density at radius 3 is 2.57 bits per heavy atom. The molecular formula is C16H29N3OS. The van der Waals surface area contributed by atoms with Crippen LogP contribution in [-0.2, 0) is 0 Å². The van der Waals surface area contributed by atoms with Gasteiger partial charge in [0.2, 0.25) is 0 Å². The smallest absolute Gasteiger partial charge is 0.119 e. The van der Waals surface area contributed by atoms with Crippen LogP contribution < -0.4 is 20.5 Å². The number of hydrogen-bond acceptors (Lipinski definition) is 5. The molecular weight excluding hydrogens is 282 g/mol. The lowest BCUT2D eigenvalue weighted by atomic mass is 10.3. The highest BCUT2D eigenvalue weighted by Gasteiger charge is 1.97. The number of benzene rings is 1. The molecule has 0 aliphatic rings. The number of hydrogen-bond donors (Lipinski definition) is 3. The summed E-state index contributed by atoms with van der Waals surface area (Å²) in [5, 5.41) is 3.34. The van der Waals surface area contributed by atoms with Crippen molar-refractivity contribution in [3.63, 3.8) is 0 Å². The van der Waals surface area contributed by atoms with Gasteiger partial charge in [0.15, 0.2) is 0 Å². The largest absolute Gasteiger partial charge is 0.494 e. The maximum atomic E-state index is 5.69. The first-order chi connectivity index (χ1) is 10.4. The molecule has 0 aliphatic heterocycles. The second kappa shape index (κ2) is 13.0. The molecule has 4 nitrogen and oxygen atoms in total. The maximum absolute atomic E-state index is 5.69. The Morgan fingerprint density at radius 1 is 1.05 bits per heavy atom. The van der Waals surface area contributed by atoms with Crippen molar-refractivity contribution in [2.75, 3.05) is 32.8 Å². The Bertz CT molecular complexity index is 346. The predicted octanol–water partition coefficient (Wildman–Crippen LogP) is 2.79. The highest BCUT2D eigenvalue weighted by Crippen LogP contribution is 2.19. The Hall–Kier alpha value is -0.750. The third-order valence-corrected chi connectivity index (χ3v) is 3.85. The topological polar surface area (TPSA) is 59.3 Å². The molecule has 0 radical (unpaired) electrons. The Balaban J connectivity index is 2.07. The van der Waals surface area contributed by atoms with E-state index in [1.165, 1.54) is 17.7 Å². The summed E-state index contributed by atoms with van der Waals surface area (Å²) in [6.45, 7) is 6.66. The van der Waals surface area contributed by atoms with Crippen molar-refractivity contribution in [2.24, 2.45) is 5.73 Å². The van der Waals surface area contributed by atoms with Crippen LogP contribution in [0.2, 0.25) is 0 Å². The van der Waals surface area contributed by atoms with E-state index in [1.807, 2.05) is 12.1 Å². The van der Waals surface area contributed by atoms with E-state index in [0.717, 1.165) is 51.4 Å². The average molecular weight is 311 g/mol. The molecule has 4 N–H and O–H groups in total. The Morgan fingerprint density at radius 2 is 1.86 bits per heavy atom. The van der Waals surface area contributed by atoms with Crippen molar-refractivity contribution in [3.8, 4) is 5.75 Å². The lowest BCUT2D eigenvalue weighted by Gasteiger charge is -2.08. The van der Waals surface area contributed by atoms with Crippen molar-refractivity contribution in [1.82, 2.24) is 10.0 Å². The van der Waals surface area contributed by atoms with Crippen LogP contribution in [0.3, 0.4) is 0 Å². The summed E-state index contributed by atoms with van der Waals surface area (Å²) in [5.41, 5.74) is 5.43. The fourth-order valence-electron chi connectivity index (χ4n) is 1.77. The van der Waals surface area contributed by atoms with E-state index in [4.69, 9.17) is 10.5 Å². The van der Waals surface area contributed by atoms with Gasteiger partial charge in [-0.25, -0.2) is 0 Å². The first-order valence-electron chi connectivity index (χ1n) is 7.90. The van der Waals surface area contributed by atoms with Crippen molar-refractivity contribution in [3.05, 3.63) is 24.3 Å². The summed E-state index contributed by atoms with van der Waals surface area (Å²) in [6, 6.07) is 8.26. The van der Waals surface area contributed by atoms with Crippen LogP contribution >= 0.6 is 11.9 Å². The Labute approximate surface area is 133 Å². The summed E-state index contributed by atoms with van der Waals surface area (Å²) >= 11 is 1.65. The van der Waals surface area contributed by atoms with E-state index >= 15 is 0 Å². The van der Waals surface area contributed by atoms with Crippen LogP contribution in [0, 0.1) is 0 Å². The van der Waals surface area contributed by atoms with Crippen molar-refractivity contribution < 1.29 is 4.74 Å². The van der Waals surface area contributed by atoms with Gasteiger partial charge in [0, 0.05) is 18.0 Å². The fraction of sp³-hybridized carbons (Fsp3) is 0.625. The van der Waals surface area contributed by atoms with Gasteiger partial charge in [0.05, 0.1) is 6.61 Å². The van der Waals surface area contributed by atoms with Crippen molar-refractivity contribution in [1.29, 1.82) is 0 Å². The van der Waals surface area contributed by atoms with E-state index in [2.05, 4.69) is 29.1 Å². The first kappa shape index (κ1) is 18.3. The van der Waals surface area contributed by atoms with E-state index < -0.39 is 0 Å². The minimum Gasteiger partial charge on any atom is -0.494 e.